The second-order valence-corrected chi connectivity index (χ2v) is 9.20. The molecule has 1 atom stereocenters. The van der Waals surface area contributed by atoms with Gasteiger partial charge in [0, 0.05) is 11.7 Å². The lowest BCUT2D eigenvalue weighted by Crippen LogP contribution is -2.51. The van der Waals surface area contributed by atoms with E-state index in [1.165, 1.54) is 4.90 Å². The third-order valence-electron chi connectivity index (χ3n) is 5.96. The normalized spacial score (nSPS) is 14.5. The molecule has 1 aromatic carbocycles. The molecule has 1 aromatic heterocycles. The average molecular weight is 488 g/mol. The number of nitrogens with zero attached hydrogens (tertiary/aromatic N) is 2. The van der Waals surface area contributed by atoms with Crippen LogP contribution in [-0.2, 0) is 4.79 Å². The number of carbonyl (C=O) groups excluding carboxylic acids is 3. The zero-order valence-corrected chi connectivity index (χ0v) is 20.5. The molecule has 184 valence electrons. The molecule has 3 rings (SSSR count). The van der Waals surface area contributed by atoms with Crippen LogP contribution >= 0.6 is 11.5 Å². The van der Waals surface area contributed by atoms with Gasteiger partial charge in [-0.1, -0.05) is 33.1 Å². The van der Waals surface area contributed by atoms with Gasteiger partial charge in [-0.25, -0.2) is 0 Å². The third kappa shape index (κ3) is 5.85. The minimum Gasteiger partial charge on any atom is -0.494 e. The summed E-state index contributed by atoms with van der Waals surface area (Å²) in [7, 11) is 0. The second-order valence-electron chi connectivity index (χ2n) is 8.42. The zero-order chi connectivity index (χ0) is 24.7. The molecule has 1 aliphatic carbocycles. The molecule has 5 N–H and O–H groups in total. The van der Waals surface area contributed by atoms with Crippen LogP contribution in [0.15, 0.2) is 24.3 Å². The largest absolute Gasteiger partial charge is 0.494 e. The minimum absolute atomic E-state index is 0.0712. The Morgan fingerprint density at radius 3 is 2.44 bits per heavy atom. The van der Waals surface area contributed by atoms with E-state index >= 15 is 0 Å². The first kappa shape index (κ1) is 25.5. The van der Waals surface area contributed by atoms with Crippen molar-refractivity contribution in [3.05, 3.63) is 34.8 Å². The second kappa shape index (κ2) is 11.8. The Morgan fingerprint density at radius 1 is 1.21 bits per heavy atom. The molecule has 2 aromatic rings. The number of benzene rings is 1. The van der Waals surface area contributed by atoms with Crippen LogP contribution in [-0.4, -0.2) is 40.8 Å². The Hall–Kier alpha value is -3.14. The summed E-state index contributed by atoms with van der Waals surface area (Å²) in [5, 5.41) is 3.10. The number of anilines is 2. The monoisotopic (exact) mass is 487 g/mol. The number of primary amides is 1. The number of carbonyl (C=O) groups is 3. The van der Waals surface area contributed by atoms with Crippen LogP contribution in [0, 0.1) is 0 Å². The molecule has 34 heavy (non-hydrogen) atoms. The lowest BCUT2D eigenvalue weighted by atomic mass is 10.1. The molecule has 1 aliphatic rings. The van der Waals surface area contributed by atoms with Crippen molar-refractivity contribution >= 4 is 40.6 Å². The Kier molecular flexibility index (Phi) is 8.86. The van der Waals surface area contributed by atoms with E-state index in [4.69, 9.17) is 16.2 Å². The number of nitrogens with one attached hydrogen (secondary N) is 1. The van der Waals surface area contributed by atoms with Crippen molar-refractivity contribution in [3.8, 4) is 5.75 Å². The number of amides is 3. The SMILES string of the molecule is CCCCOc1ccc(N(C(=O)c2snc(C(N)=O)c2N)C(CC)C(=O)NC2CCCC2)cc1. The molecule has 1 heterocycles. The molecule has 3 amide bonds. The summed E-state index contributed by atoms with van der Waals surface area (Å²) in [4.78, 5) is 40.1. The van der Waals surface area contributed by atoms with Crippen molar-refractivity contribution in [1.29, 1.82) is 0 Å². The van der Waals surface area contributed by atoms with Gasteiger partial charge in [0.15, 0.2) is 5.69 Å². The number of hydrogen-bond donors (Lipinski definition) is 3. The van der Waals surface area contributed by atoms with E-state index in [0.29, 0.717) is 24.5 Å². The number of unbranched alkanes of at least 4 members (excludes halogenated alkanes) is 1. The smallest absolute Gasteiger partial charge is 0.272 e. The van der Waals surface area contributed by atoms with E-state index in [1.54, 1.807) is 24.3 Å². The minimum atomic E-state index is -0.807. The summed E-state index contributed by atoms with van der Waals surface area (Å²) < 4.78 is 9.69. The maximum Gasteiger partial charge on any atom is 0.272 e. The van der Waals surface area contributed by atoms with Crippen LogP contribution in [0.5, 0.6) is 5.75 Å². The Balaban J connectivity index is 1.94. The van der Waals surface area contributed by atoms with Crippen LogP contribution in [0.25, 0.3) is 0 Å². The van der Waals surface area contributed by atoms with Crippen LogP contribution in [0.3, 0.4) is 0 Å². The van der Waals surface area contributed by atoms with Crippen molar-refractivity contribution < 1.29 is 19.1 Å². The highest BCUT2D eigenvalue weighted by atomic mass is 32.1. The molecule has 1 unspecified atom stereocenters. The summed E-state index contributed by atoms with van der Waals surface area (Å²) in [6, 6.07) is 6.39. The van der Waals surface area contributed by atoms with Crippen LogP contribution < -0.4 is 26.4 Å². The van der Waals surface area contributed by atoms with Crippen molar-refractivity contribution in [1.82, 2.24) is 9.69 Å². The summed E-state index contributed by atoms with van der Waals surface area (Å²) in [5.41, 5.74) is 11.7. The van der Waals surface area contributed by atoms with Crippen molar-refractivity contribution in [2.75, 3.05) is 17.2 Å². The van der Waals surface area contributed by atoms with E-state index < -0.39 is 17.9 Å². The van der Waals surface area contributed by atoms with Crippen molar-refractivity contribution in [2.24, 2.45) is 5.73 Å². The lowest BCUT2D eigenvalue weighted by Gasteiger charge is -2.31. The highest BCUT2D eigenvalue weighted by Crippen LogP contribution is 2.30. The van der Waals surface area contributed by atoms with Crippen molar-refractivity contribution in [3.63, 3.8) is 0 Å². The summed E-state index contributed by atoms with van der Waals surface area (Å²) in [5.74, 6) is -0.847. The number of hydrogen-bond acceptors (Lipinski definition) is 7. The van der Waals surface area contributed by atoms with Crippen LogP contribution in [0.1, 0.15) is 79.0 Å². The highest BCUT2D eigenvalue weighted by Gasteiger charge is 2.34. The molecule has 1 saturated carbocycles. The number of nitrogen functional groups attached to an aromatic ring is 1. The number of nitrogens with two attached hydrogens (primary N) is 2. The molecule has 10 heteroatoms. The van der Waals surface area contributed by atoms with Crippen LogP contribution in [0.2, 0.25) is 0 Å². The van der Waals surface area contributed by atoms with Crippen LogP contribution in [0.4, 0.5) is 11.4 Å². The zero-order valence-electron chi connectivity index (χ0n) is 19.7. The van der Waals surface area contributed by atoms with Gasteiger partial charge in [0.05, 0.1) is 12.3 Å². The van der Waals surface area contributed by atoms with Gasteiger partial charge in [-0.15, -0.1) is 0 Å². The highest BCUT2D eigenvalue weighted by molar-refractivity contribution is 7.09. The van der Waals surface area contributed by atoms with E-state index in [9.17, 15) is 14.4 Å². The van der Waals surface area contributed by atoms with Gasteiger partial charge in [0.25, 0.3) is 11.8 Å². The fraction of sp³-hybridized carbons (Fsp3) is 0.500. The van der Waals surface area contributed by atoms with Gasteiger partial charge in [-0.3, -0.25) is 19.3 Å². The van der Waals surface area contributed by atoms with Gasteiger partial charge in [-0.2, -0.15) is 4.37 Å². The fourth-order valence-electron chi connectivity index (χ4n) is 4.07. The third-order valence-corrected chi connectivity index (χ3v) is 6.81. The van der Waals surface area contributed by atoms with Gasteiger partial charge in [-0.05, 0) is 61.5 Å². The average Bonchev–Trinajstić information content (AvgIpc) is 3.47. The van der Waals surface area contributed by atoms with E-state index in [-0.39, 0.29) is 28.2 Å². The first-order valence-electron chi connectivity index (χ1n) is 11.8. The summed E-state index contributed by atoms with van der Waals surface area (Å²) in [6.45, 7) is 4.55. The summed E-state index contributed by atoms with van der Waals surface area (Å²) >= 11 is 0.801. The molecule has 0 aliphatic heterocycles. The Morgan fingerprint density at radius 2 is 1.88 bits per heavy atom. The van der Waals surface area contributed by atoms with Crippen molar-refractivity contribution in [2.45, 2.75) is 70.9 Å². The van der Waals surface area contributed by atoms with Gasteiger partial charge in [0.1, 0.15) is 16.7 Å². The number of aromatic nitrogens is 1. The molecule has 0 radical (unpaired) electrons. The van der Waals surface area contributed by atoms with Gasteiger partial charge < -0.3 is 21.5 Å². The van der Waals surface area contributed by atoms with E-state index in [0.717, 1.165) is 50.1 Å². The van der Waals surface area contributed by atoms with Gasteiger partial charge in [0.2, 0.25) is 5.91 Å². The predicted octanol–water partition coefficient (Wildman–Crippen LogP) is 3.49. The topological polar surface area (TPSA) is 141 Å². The first-order chi connectivity index (χ1) is 16.4. The Bertz CT molecular complexity index is 1000. The molecule has 1 fully saturated rings. The molecular formula is C24H33N5O4S. The number of rotatable bonds is 11. The number of ether oxygens (including phenoxy) is 1. The molecule has 0 saturated heterocycles. The molecule has 0 spiro atoms. The fourth-order valence-corrected chi connectivity index (χ4v) is 4.81. The molecular weight excluding hydrogens is 454 g/mol. The van der Waals surface area contributed by atoms with E-state index in [2.05, 4.69) is 16.6 Å². The molecule has 0 bridgehead atoms. The van der Waals surface area contributed by atoms with E-state index in [1.807, 2.05) is 6.92 Å². The predicted molar refractivity (Wildman–Crippen MR) is 133 cm³/mol. The maximum absolute atomic E-state index is 13.7. The molecule has 9 nitrogen and oxygen atoms in total. The lowest BCUT2D eigenvalue weighted by molar-refractivity contribution is -0.123. The maximum atomic E-state index is 13.7. The quantitative estimate of drug-likeness (QED) is 0.414. The first-order valence-corrected chi connectivity index (χ1v) is 12.6. The Labute approximate surface area is 204 Å². The summed E-state index contributed by atoms with van der Waals surface area (Å²) in [6.07, 6.45) is 6.39. The van der Waals surface area contributed by atoms with Gasteiger partial charge >= 0.3 is 0 Å². The standard InChI is InChI=1S/C24H33N5O4S/c1-3-5-14-33-17-12-10-16(11-13-17)29(18(4-2)23(31)27-15-8-6-7-9-15)24(32)21-19(25)20(22(26)30)28-34-21/h10-13,15,18H,3-9,14,25H2,1-2H3,(H2,26,30)(H,27,31).